The van der Waals surface area contributed by atoms with E-state index in [9.17, 15) is 4.79 Å². The fourth-order valence-electron chi connectivity index (χ4n) is 3.15. The number of amides is 1. The summed E-state index contributed by atoms with van der Waals surface area (Å²) in [5, 5.41) is 8.50. The Balaban J connectivity index is 1.78. The van der Waals surface area contributed by atoms with Crippen LogP contribution in [-0.4, -0.2) is 20.7 Å². The third kappa shape index (κ3) is 3.10. The molecule has 0 atom stereocenters. The molecule has 4 rings (SSSR count). The molecular weight excluding hydrogens is 340 g/mol. The smallest absolute Gasteiger partial charge is 0.292 e. The maximum absolute atomic E-state index is 12.5. The number of para-hydroxylation sites is 1. The van der Waals surface area contributed by atoms with E-state index in [1.165, 1.54) is 0 Å². The van der Waals surface area contributed by atoms with Crippen LogP contribution in [0.4, 0.5) is 5.82 Å². The predicted molar refractivity (Wildman–Crippen MR) is 104 cm³/mol. The van der Waals surface area contributed by atoms with Crippen LogP contribution in [0, 0.1) is 27.7 Å². The fraction of sp³-hybridized carbons (Fsp3) is 0.190. The minimum absolute atomic E-state index is 0.261. The van der Waals surface area contributed by atoms with Crippen LogP contribution in [0.2, 0.25) is 0 Å². The Morgan fingerprint density at radius 3 is 2.59 bits per heavy atom. The zero-order valence-corrected chi connectivity index (χ0v) is 15.7. The molecule has 0 aliphatic carbocycles. The number of carbonyl (C=O) groups excluding carboxylic acids is 1. The number of pyridine rings is 1. The van der Waals surface area contributed by atoms with E-state index in [1.54, 1.807) is 23.7 Å². The van der Waals surface area contributed by atoms with Crippen LogP contribution in [0.15, 0.2) is 46.9 Å². The van der Waals surface area contributed by atoms with Crippen molar-refractivity contribution in [3.05, 3.63) is 70.8 Å². The molecule has 3 heterocycles. The minimum atomic E-state index is -0.321. The molecule has 0 aliphatic rings. The number of nitrogens with zero attached hydrogens (tertiary/aromatic N) is 3. The molecule has 0 spiro atoms. The molecule has 1 amide bonds. The van der Waals surface area contributed by atoms with Gasteiger partial charge in [0.2, 0.25) is 0 Å². The van der Waals surface area contributed by atoms with E-state index in [-0.39, 0.29) is 11.7 Å². The molecule has 0 aliphatic heterocycles. The molecule has 0 unspecified atom stereocenters. The van der Waals surface area contributed by atoms with Gasteiger partial charge in [0.15, 0.2) is 11.6 Å². The maximum atomic E-state index is 12.5. The van der Waals surface area contributed by atoms with Gasteiger partial charge in [0.05, 0.1) is 11.2 Å². The van der Waals surface area contributed by atoms with Crippen LogP contribution in [0.1, 0.15) is 33.1 Å². The Bertz CT molecular complexity index is 1170. The van der Waals surface area contributed by atoms with Gasteiger partial charge in [0, 0.05) is 11.5 Å². The average Bonchev–Trinajstić information content (AvgIpc) is 3.21. The summed E-state index contributed by atoms with van der Waals surface area (Å²) < 4.78 is 7.06. The van der Waals surface area contributed by atoms with Crippen LogP contribution in [0.5, 0.6) is 0 Å². The summed E-state index contributed by atoms with van der Waals surface area (Å²) in [7, 11) is 0. The van der Waals surface area contributed by atoms with Crippen LogP contribution in [0.25, 0.3) is 16.7 Å². The van der Waals surface area contributed by atoms with Crippen LogP contribution < -0.4 is 5.32 Å². The number of aryl methyl sites for hydroxylation is 4. The Morgan fingerprint density at radius 2 is 1.85 bits per heavy atom. The van der Waals surface area contributed by atoms with Crippen molar-refractivity contribution in [2.75, 3.05) is 5.32 Å². The van der Waals surface area contributed by atoms with Gasteiger partial charge in [-0.15, -0.1) is 0 Å². The summed E-state index contributed by atoms with van der Waals surface area (Å²) >= 11 is 0. The predicted octanol–water partition coefficient (Wildman–Crippen LogP) is 4.50. The summed E-state index contributed by atoms with van der Waals surface area (Å²) in [5.74, 6) is 1.83. The second kappa shape index (κ2) is 6.39. The van der Waals surface area contributed by atoms with Crippen LogP contribution in [0.3, 0.4) is 0 Å². The lowest BCUT2D eigenvalue weighted by atomic mass is 10.1. The molecule has 4 aromatic rings. The summed E-state index contributed by atoms with van der Waals surface area (Å²) in [6.45, 7) is 7.76. The molecule has 1 aromatic carbocycles. The lowest BCUT2D eigenvalue weighted by molar-refractivity contribution is 0.0994. The molecule has 0 radical (unpaired) electrons. The van der Waals surface area contributed by atoms with Gasteiger partial charge in [-0.2, -0.15) is 9.78 Å². The maximum Gasteiger partial charge on any atom is 0.292 e. The van der Waals surface area contributed by atoms with Gasteiger partial charge >= 0.3 is 0 Å². The SMILES string of the molecule is Cc1cc(NC(=O)c2ccc(C)o2)n(-c2cc(C)c3cccc(C)c3n2)n1. The van der Waals surface area contributed by atoms with Crippen molar-refractivity contribution in [1.29, 1.82) is 0 Å². The molecule has 6 nitrogen and oxygen atoms in total. The number of rotatable bonds is 3. The summed E-state index contributed by atoms with van der Waals surface area (Å²) in [5.41, 5.74) is 3.91. The van der Waals surface area contributed by atoms with Crippen molar-refractivity contribution in [2.45, 2.75) is 27.7 Å². The highest BCUT2D eigenvalue weighted by Gasteiger charge is 2.16. The minimum Gasteiger partial charge on any atom is -0.456 e. The number of nitrogens with one attached hydrogen (secondary N) is 1. The first-order valence-corrected chi connectivity index (χ1v) is 8.74. The number of carbonyl (C=O) groups is 1. The van der Waals surface area contributed by atoms with Gasteiger partial charge in [-0.3, -0.25) is 4.79 Å². The van der Waals surface area contributed by atoms with Crippen molar-refractivity contribution in [1.82, 2.24) is 14.8 Å². The van der Waals surface area contributed by atoms with Gasteiger partial charge in [0.1, 0.15) is 11.6 Å². The molecule has 136 valence electrons. The third-order valence-corrected chi connectivity index (χ3v) is 4.49. The fourth-order valence-corrected chi connectivity index (χ4v) is 3.15. The molecule has 3 aromatic heterocycles. The zero-order chi connectivity index (χ0) is 19.1. The Labute approximate surface area is 156 Å². The standard InChI is InChI=1S/C21H20N4O2/c1-12-6-5-7-16-13(2)10-18(22-20(12)16)25-19(11-14(3)24-25)23-21(26)17-9-8-15(4)27-17/h5-11H,1-4H3,(H,23,26). The number of hydrogen-bond donors (Lipinski definition) is 1. The van der Waals surface area contributed by atoms with E-state index in [4.69, 9.17) is 9.40 Å². The van der Waals surface area contributed by atoms with E-state index < -0.39 is 0 Å². The van der Waals surface area contributed by atoms with Gasteiger partial charge in [0.25, 0.3) is 5.91 Å². The molecule has 0 saturated heterocycles. The Morgan fingerprint density at radius 1 is 1.04 bits per heavy atom. The second-order valence-electron chi connectivity index (χ2n) is 6.72. The van der Waals surface area contributed by atoms with Crippen molar-refractivity contribution in [2.24, 2.45) is 0 Å². The monoisotopic (exact) mass is 360 g/mol. The first-order valence-electron chi connectivity index (χ1n) is 8.74. The normalized spacial score (nSPS) is 11.1. The van der Waals surface area contributed by atoms with Crippen molar-refractivity contribution in [3.63, 3.8) is 0 Å². The van der Waals surface area contributed by atoms with E-state index >= 15 is 0 Å². The lowest BCUT2D eigenvalue weighted by Crippen LogP contribution is -2.15. The number of furan rings is 1. The number of hydrogen-bond acceptors (Lipinski definition) is 4. The van der Waals surface area contributed by atoms with Crippen molar-refractivity contribution < 1.29 is 9.21 Å². The number of benzene rings is 1. The molecule has 0 fully saturated rings. The van der Waals surface area contributed by atoms with E-state index in [2.05, 4.69) is 16.5 Å². The molecule has 6 heteroatoms. The van der Waals surface area contributed by atoms with E-state index in [0.29, 0.717) is 17.4 Å². The van der Waals surface area contributed by atoms with Crippen LogP contribution >= 0.6 is 0 Å². The summed E-state index contributed by atoms with van der Waals surface area (Å²) in [4.78, 5) is 17.3. The number of anilines is 1. The van der Waals surface area contributed by atoms with Gasteiger partial charge in [-0.1, -0.05) is 18.2 Å². The first-order chi connectivity index (χ1) is 12.9. The third-order valence-electron chi connectivity index (χ3n) is 4.49. The molecule has 0 bridgehead atoms. The van der Waals surface area contributed by atoms with Gasteiger partial charge in [-0.25, -0.2) is 4.98 Å². The summed E-state index contributed by atoms with van der Waals surface area (Å²) in [6, 6.07) is 13.3. The second-order valence-corrected chi connectivity index (χ2v) is 6.72. The largest absolute Gasteiger partial charge is 0.456 e. The quantitative estimate of drug-likeness (QED) is 0.584. The first kappa shape index (κ1) is 17.0. The highest BCUT2D eigenvalue weighted by Crippen LogP contribution is 2.24. The molecule has 0 saturated carbocycles. The average molecular weight is 360 g/mol. The topological polar surface area (TPSA) is 73.0 Å². The Kier molecular flexibility index (Phi) is 4.03. The number of fused-ring (bicyclic) bond motifs is 1. The summed E-state index contributed by atoms with van der Waals surface area (Å²) in [6.07, 6.45) is 0. The highest BCUT2D eigenvalue weighted by atomic mass is 16.3. The van der Waals surface area contributed by atoms with Crippen LogP contribution in [-0.2, 0) is 0 Å². The zero-order valence-electron chi connectivity index (χ0n) is 15.7. The van der Waals surface area contributed by atoms with E-state index in [1.807, 2.05) is 45.0 Å². The van der Waals surface area contributed by atoms with Gasteiger partial charge in [-0.05, 0) is 57.0 Å². The highest BCUT2D eigenvalue weighted by molar-refractivity contribution is 6.02. The van der Waals surface area contributed by atoms with Gasteiger partial charge < -0.3 is 9.73 Å². The van der Waals surface area contributed by atoms with Crippen molar-refractivity contribution >= 4 is 22.6 Å². The van der Waals surface area contributed by atoms with Crippen molar-refractivity contribution in [3.8, 4) is 5.82 Å². The molecular formula is C21H20N4O2. The molecule has 27 heavy (non-hydrogen) atoms. The molecule has 1 N–H and O–H groups in total. The van der Waals surface area contributed by atoms with E-state index in [0.717, 1.165) is 27.7 Å². The lowest BCUT2D eigenvalue weighted by Gasteiger charge is -2.11. The number of aromatic nitrogens is 3. The Hall–Kier alpha value is -3.41.